The SMILES string of the molecule is C=CC(=O)N1C[C@H](N(C)c2nc(OC[C@@]34CCCN3C[C@H](F)C4)nc3c(F)c(-c4ccc(F)c5sc(N)nc45)c(C(F)(F)F)cc23)C2(CC2)C1. The van der Waals surface area contributed by atoms with E-state index in [0.29, 0.717) is 19.5 Å². The molecule has 0 bridgehead atoms. The van der Waals surface area contributed by atoms with Crippen molar-refractivity contribution in [3.63, 3.8) is 0 Å². The van der Waals surface area contributed by atoms with Crippen LogP contribution in [0.2, 0.25) is 0 Å². The lowest BCUT2D eigenvalue weighted by Gasteiger charge is -2.32. The van der Waals surface area contributed by atoms with Crippen molar-refractivity contribution in [3.8, 4) is 17.1 Å². The first kappa shape index (κ1) is 33.0. The summed E-state index contributed by atoms with van der Waals surface area (Å²) in [6.45, 7) is 5.25. The zero-order chi connectivity index (χ0) is 35.3. The van der Waals surface area contributed by atoms with Gasteiger partial charge >= 0.3 is 12.2 Å². The molecule has 4 aromatic rings. The van der Waals surface area contributed by atoms with Gasteiger partial charge in [-0.3, -0.25) is 9.69 Å². The van der Waals surface area contributed by atoms with Gasteiger partial charge in [-0.15, -0.1) is 0 Å². The molecule has 16 heteroatoms. The molecule has 0 radical (unpaired) electrons. The number of likely N-dealkylation sites (tertiary alicyclic amines) is 1. The predicted molar refractivity (Wildman–Crippen MR) is 177 cm³/mol. The van der Waals surface area contributed by atoms with Gasteiger partial charge in [-0.05, 0) is 56.5 Å². The maximum absolute atomic E-state index is 17.0. The Morgan fingerprint density at radius 2 is 1.96 bits per heavy atom. The van der Waals surface area contributed by atoms with E-state index in [1.54, 1.807) is 16.8 Å². The van der Waals surface area contributed by atoms with Gasteiger partial charge in [-0.2, -0.15) is 23.1 Å². The second-order valence-corrected chi connectivity index (χ2v) is 15.0. The standard InChI is InChI=1S/C34H33F6N7O2S/c1-3-23(48)46-14-22(32(15-46)8-9-32)45(2)29-19-11-20(34(38,39)40)24(18-5-6-21(36)28-27(18)42-30(41)50-28)25(37)26(19)43-31(44-29)49-16-33-7-4-10-47(33)13-17(35)12-33/h3,5-6,11,17,22H,1,4,7-10,12-16H2,2H3,(H2,41,42)/t17-,22+,33+/m1/s1. The van der Waals surface area contributed by atoms with Gasteiger partial charge in [-0.25, -0.2) is 18.2 Å². The Bertz CT molecular complexity index is 2070. The zero-order valence-corrected chi connectivity index (χ0v) is 27.8. The number of amides is 1. The van der Waals surface area contributed by atoms with Crippen molar-refractivity contribution in [1.29, 1.82) is 0 Å². The average Bonchev–Trinajstić information content (AvgIpc) is 3.31. The van der Waals surface area contributed by atoms with Gasteiger partial charge in [-0.1, -0.05) is 17.9 Å². The van der Waals surface area contributed by atoms with E-state index in [4.69, 9.17) is 10.5 Å². The number of likely N-dealkylation sites (N-methyl/N-ethyl adjacent to an activating group) is 1. The summed E-state index contributed by atoms with van der Waals surface area (Å²) in [5.74, 6) is -2.36. The first-order valence-corrected chi connectivity index (χ1v) is 17.2. The fourth-order valence-corrected chi connectivity index (χ4v) is 9.20. The third-order valence-corrected chi connectivity index (χ3v) is 11.9. The highest BCUT2D eigenvalue weighted by Crippen LogP contribution is 2.55. The zero-order valence-electron chi connectivity index (χ0n) is 27.0. The molecule has 50 heavy (non-hydrogen) atoms. The molecule has 3 aliphatic heterocycles. The molecule has 2 aromatic heterocycles. The van der Waals surface area contributed by atoms with Gasteiger partial charge in [0.15, 0.2) is 10.9 Å². The second kappa shape index (κ2) is 11.4. The number of carbonyl (C=O) groups excluding carboxylic acids is 1. The molecule has 4 fully saturated rings. The van der Waals surface area contributed by atoms with Crippen LogP contribution < -0.4 is 15.4 Å². The van der Waals surface area contributed by atoms with Crippen molar-refractivity contribution in [1.82, 2.24) is 24.8 Å². The van der Waals surface area contributed by atoms with Crippen molar-refractivity contribution in [2.45, 2.75) is 56.0 Å². The number of alkyl halides is 4. The fourth-order valence-electron chi connectivity index (χ4n) is 8.43. The lowest BCUT2D eigenvalue weighted by molar-refractivity contribution is -0.137. The summed E-state index contributed by atoms with van der Waals surface area (Å²) in [5, 5.41) is -0.320. The van der Waals surface area contributed by atoms with E-state index in [1.807, 2.05) is 4.90 Å². The van der Waals surface area contributed by atoms with Crippen LogP contribution in [0, 0.1) is 17.0 Å². The van der Waals surface area contributed by atoms with Crippen LogP contribution in [-0.4, -0.2) is 88.2 Å². The molecule has 2 N–H and O–H groups in total. The molecule has 1 spiro atoms. The van der Waals surface area contributed by atoms with E-state index < -0.39 is 46.2 Å². The van der Waals surface area contributed by atoms with Crippen LogP contribution in [0.15, 0.2) is 30.9 Å². The van der Waals surface area contributed by atoms with Crippen LogP contribution in [0.1, 0.15) is 37.7 Å². The molecule has 0 unspecified atom stereocenters. The van der Waals surface area contributed by atoms with Crippen molar-refractivity contribution < 1.29 is 35.9 Å². The minimum Gasteiger partial charge on any atom is -0.461 e. The number of anilines is 2. The molecule has 1 saturated carbocycles. The molecular weight excluding hydrogens is 684 g/mol. The third-order valence-electron chi connectivity index (χ3n) is 11.0. The highest BCUT2D eigenvalue weighted by Gasteiger charge is 2.58. The molecule has 264 valence electrons. The Hall–Kier alpha value is -4.18. The number of nitrogens with zero attached hydrogens (tertiary/aromatic N) is 6. The molecule has 4 aliphatic rings. The number of halogens is 6. The first-order chi connectivity index (χ1) is 23.7. The number of benzene rings is 2. The van der Waals surface area contributed by atoms with E-state index in [1.165, 1.54) is 6.08 Å². The monoisotopic (exact) mass is 717 g/mol. The smallest absolute Gasteiger partial charge is 0.417 e. The number of hydrogen-bond acceptors (Lipinski definition) is 9. The van der Waals surface area contributed by atoms with Gasteiger partial charge in [0.1, 0.15) is 29.9 Å². The number of thiazole rings is 1. The molecule has 3 atom stereocenters. The highest BCUT2D eigenvalue weighted by molar-refractivity contribution is 7.22. The molecule has 8 rings (SSSR count). The van der Waals surface area contributed by atoms with Crippen LogP contribution in [0.5, 0.6) is 6.01 Å². The lowest BCUT2D eigenvalue weighted by atomic mass is 9.94. The Balaban J connectivity index is 1.32. The minimum absolute atomic E-state index is 0.00283. The van der Waals surface area contributed by atoms with Gasteiger partial charge in [0.25, 0.3) is 0 Å². The van der Waals surface area contributed by atoms with Crippen LogP contribution in [0.25, 0.3) is 32.2 Å². The summed E-state index contributed by atoms with van der Waals surface area (Å²) in [6, 6.07) is 2.15. The number of rotatable bonds is 7. The average molecular weight is 718 g/mol. The largest absolute Gasteiger partial charge is 0.461 e. The molecule has 9 nitrogen and oxygen atoms in total. The summed E-state index contributed by atoms with van der Waals surface area (Å²) >= 11 is 0.739. The number of hydrogen-bond donors (Lipinski definition) is 1. The number of fused-ring (bicyclic) bond motifs is 3. The van der Waals surface area contributed by atoms with E-state index in [9.17, 15) is 26.7 Å². The van der Waals surface area contributed by atoms with Crippen LogP contribution in [-0.2, 0) is 11.0 Å². The number of nitrogen functional groups attached to an aromatic ring is 1. The normalized spacial score (nSPS) is 24.4. The van der Waals surface area contributed by atoms with E-state index >= 15 is 4.39 Å². The summed E-state index contributed by atoms with van der Waals surface area (Å²) in [6.07, 6.45) is -1.56. The van der Waals surface area contributed by atoms with Crippen LogP contribution >= 0.6 is 11.3 Å². The maximum atomic E-state index is 17.0. The molecule has 2 aromatic carbocycles. The number of carbonyl (C=O) groups is 1. The van der Waals surface area contributed by atoms with Crippen molar-refractivity contribution in [3.05, 3.63) is 48.1 Å². The Morgan fingerprint density at radius 3 is 2.68 bits per heavy atom. The van der Waals surface area contributed by atoms with Crippen molar-refractivity contribution in [2.24, 2.45) is 5.41 Å². The second-order valence-electron chi connectivity index (χ2n) is 13.9. The van der Waals surface area contributed by atoms with E-state index in [0.717, 1.165) is 48.8 Å². The Labute approximate surface area is 286 Å². The quantitative estimate of drug-likeness (QED) is 0.174. The molecular formula is C34H33F6N7O2S. The van der Waals surface area contributed by atoms with Gasteiger partial charge in [0, 0.05) is 55.0 Å². The predicted octanol–water partition coefficient (Wildman–Crippen LogP) is 6.35. The van der Waals surface area contributed by atoms with Gasteiger partial charge in [0.2, 0.25) is 5.91 Å². The van der Waals surface area contributed by atoms with Gasteiger partial charge < -0.3 is 20.3 Å². The summed E-state index contributed by atoms with van der Waals surface area (Å²) in [7, 11) is 1.65. The highest BCUT2D eigenvalue weighted by atomic mass is 32.1. The lowest BCUT2D eigenvalue weighted by Crippen LogP contribution is -2.43. The molecule has 3 saturated heterocycles. The maximum Gasteiger partial charge on any atom is 0.417 e. The summed E-state index contributed by atoms with van der Waals surface area (Å²) in [5.41, 5.74) is 1.73. The molecule has 1 amide bonds. The van der Waals surface area contributed by atoms with Crippen LogP contribution in [0.3, 0.4) is 0 Å². The van der Waals surface area contributed by atoms with E-state index in [2.05, 4.69) is 21.5 Å². The van der Waals surface area contributed by atoms with Crippen LogP contribution in [0.4, 0.5) is 37.3 Å². The van der Waals surface area contributed by atoms with Crippen molar-refractivity contribution >= 4 is 49.3 Å². The minimum atomic E-state index is -5.06. The Morgan fingerprint density at radius 1 is 1.18 bits per heavy atom. The topological polar surface area (TPSA) is 101 Å². The fraction of sp³-hybridized carbons (Fsp3) is 0.471. The first-order valence-electron chi connectivity index (χ1n) is 16.4. The Kier molecular flexibility index (Phi) is 7.53. The molecule has 5 heterocycles. The van der Waals surface area contributed by atoms with Gasteiger partial charge in [0.05, 0.1) is 27.4 Å². The van der Waals surface area contributed by atoms with Crippen molar-refractivity contribution in [2.75, 3.05) is 50.5 Å². The number of aromatic nitrogens is 3. The summed E-state index contributed by atoms with van der Waals surface area (Å²) in [4.78, 5) is 31.0. The number of ether oxygens (including phenoxy) is 1. The number of nitrogens with two attached hydrogens (primary N) is 1. The summed E-state index contributed by atoms with van der Waals surface area (Å²) < 4.78 is 97.2. The molecule has 1 aliphatic carbocycles. The third kappa shape index (κ3) is 5.16. The van der Waals surface area contributed by atoms with E-state index in [-0.39, 0.29) is 81.6 Å².